The van der Waals surface area contributed by atoms with Crippen molar-refractivity contribution in [3.05, 3.63) is 36.5 Å². The average molecular weight is 597 g/mol. The molecule has 7 unspecified atom stereocenters. The van der Waals surface area contributed by atoms with Crippen LogP contribution in [0.2, 0.25) is 0 Å². The maximum atomic E-state index is 11.8. The minimum Gasteiger partial charge on any atom is -0.481 e. The van der Waals surface area contributed by atoms with Crippen molar-refractivity contribution in [2.75, 3.05) is 6.61 Å². The molecule has 1 aliphatic heterocycles. The zero-order valence-corrected chi connectivity index (χ0v) is 24.5. The molecule has 6 bridgehead atoms. The molecule has 0 radical (unpaired) electrons. The van der Waals surface area contributed by atoms with Gasteiger partial charge in [-0.3, -0.25) is 28.8 Å². The van der Waals surface area contributed by atoms with Crippen molar-refractivity contribution in [3.8, 4) is 0 Å². The van der Waals surface area contributed by atoms with Gasteiger partial charge in [0, 0.05) is 5.92 Å². The van der Waals surface area contributed by atoms with E-state index in [4.69, 9.17) is 9.84 Å². The lowest BCUT2D eigenvalue weighted by molar-refractivity contribution is -0.163. The van der Waals surface area contributed by atoms with Crippen LogP contribution in [-0.2, 0) is 38.2 Å². The second-order valence-corrected chi connectivity index (χ2v) is 12.8. The molecule has 0 aromatic rings. The summed E-state index contributed by atoms with van der Waals surface area (Å²) in [6, 6.07) is 0. The Balaban J connectivity index is 0.000000129. The van der Waals surface area contributed by atoms with E-state index in [-0.39, 0.29) is 77.0 Å². The SMILES string of the molecule is CC(=O)[C@@H]1C(C(=O)O)[C@H]2C=C[C@@H]1CC2.CCOC(=O)C1C2C=CC(CC2)C1C(=O)O.O=C1OC(=O)[C@H]2C3C=CC(CC3)[C@@H]12. The van der Waals surface area contributed by atoms with Gasteiger partial charge in [-0.05, 0) is 87.9 Å². The maximum absolute atomic E-state index is 11.8. The number of carbonyl (C=O) groups is 6. The number of hydrogen-bond acceptors (Lipinski definition) is 8. The minimum atomic E-state index is -0.878. The number of rotatable bonds is 5. The van der Waals surface area contributed by atoms with Gasteiger partial charge < -0.3 is 19.7 Å². The first-order valence-electron chi connectivity index (χ1n) is 15.5. The van der Waals surface area contributed by atoms with E-state index >= 15 is 0 Å². The molecule has 0 aromatic heterocycles. The molecule has 1 heterocycles. The van der Waals surface area contributed by atoms with E-state index < -0.39 is 29.7 Å². The highest BCUT2D eigenvalue weighted by Crippen LogP contribution is 2.49. The van der Waals surface area contributed by atoms with Crippen LogP contribution in [0.25, 0.3) is 0 Å². The van der Waals surface area contributed by atoms with Gasteiger partial charge >= 0.3 is 29.8 Å². The number of hydrogen-bond donors (Lipinski definition) is 2. The lowest BCUT2D eigenvalue weighted by Crippen LogP contribution is -2.45. The third-order valence-electron chi connectivity index (χ3n) is 10.6. The maximum Gasteiger partial charge on any atom is 0.318 e. The summed E-state index contributed by atoms with van der Waals surface area (Å²) in [5, 5.41) is 18.3. The normalized spacial score (nSPS) is 40.4. The molecule has 232 valence electrons. The fourth-order valence-corrected chi connectivity index (χ4v) is 8.65. The molecular weight excluding hydrogens is 556 g/mol. The quantitative estimate of drug-likeness (QED) is 0.271. The van der Waals surface area contributed by atoms with Crippen molar-refractivity contribution in [1.82, 2.24) is 0 Å². The predicted molar refractivity (Wildman–Crippen MR) is 151 cm³/mol. The Labute approximate surface area is 250 Å². The highest BCUT2D eigenvalue weighted by molar-refractivity contribution is 5.97. The molecule has 43 heavy (non-hydrogen) atoms. The molecule has 0 spiro atoms. The van der Waals surface area contributed by atoms with E-state index in [0.29, 0.717) is 6.61 Å². The van der Waals surface area contributed by atoms with Gasteiger partial charge in [-0.2, -0.15) is 0 Å². The molecule has 12 atom stereocenters. The molecule has 10 nitrogen and oxygen atoms in total. The van der Waals surface area contributed by atoms with E-state index in [9.17, 15) is 33.9 Å². The first-order valence-corrected chi connectivity index (χ1v) is 15.5. The van der Waals surface area contributed by atoms with E-state index in [1.165, 1.54) is 6.92 Å². The number of carboxylic acids is 2. The Hall–Kier alpha value is -3.56. The van der Waals surface area contributed by atoms with Crippen LogP contribution in [0.1, 0.15) is 52.4 Å². The van der Waals surface area contributed by atoms with Crippen LogP contribution in [0, 0.1) is 71.0 Å². The van der Waals surface area contributed by atoms with Crippen molar-refractivity contribution >= 4 is 35.6 Å². The first-order chi connectivity index (χ1) is 20.5. The fraction of sp³-hybridized carbons (Fsp3) is 0.636. The number of ketones is 1. The van der Waals surface area contributed by atoms with Crippen LogP contribution in [0.15, 0.2) is 36.5 Å². The van der Waals surface area contributed by atoms with Crippen molar-refractivity contribution in [3.63, 3.8) is 0 Å². The zero-order chi connectivity index (χ0) is 31.0. The van der Waals surface area contributed by atoms with Crippen LogP contribution in [0.3, 0.4) is 0 Å². The van der Waals surface area contributed by atoms with Gasteiger partial charge in [0.2, 0.25) is 0 Å². The van der Waals surface area contributed by atoms with E-state index in [1.54, 1.807) is 6.92 Å². The number of Topliss-reactive ketones (excluding diaryl/α,β-unsaturated/α-hetero) is 1. The fourth-order valence-electron chi connectivity index (χ4n) is 8.65. The van der Waals surface area contributed by atoms with Crippen LogP contribution < -0.4 is 0 Å². The summed E-state index contributed by atoms with van der Waals surface area (Å²) in [7, 11) is 0. The van der Waals surface area contributed by atoms with Crippen molar-refractivity contribution in [2.45, 2.75) is 52.4 Å². The van der Waals surface area contributed by atoms with Crippen LogP contribution in [0.4, 0.5) is 0 Å². The topological polar surface area (TPSA) is 161 Å². The number of aliphatic carboxylic acids is 2. The molecule has 4 fully saturated rings. The van der Waals surface area contributed by atoms with Gasteiger partial charge in [-0.15, -0.1) is 0 Å². The van der Waals surface area contributed by atoms with Crippen molar-refractivity contribution < 1.29 is 48.5 Å². The molecule has 9 aliphatic carbocycles. The van der Waals surface area contributed by atoms with Crippen LogP contribution in [-0.4, -0.2) is 52.4 Å². The highest BCUT2D eigenvalue weighted by Gasteiger charge is 2.55. The van der Waals surface area contributed by atoms with E-state index in [0.717, 1.165) is 38.5 Å². The third-order valence-corrected chi connectivity index (χ3v) is 10.6. The lowest BCUT2D eigenvalue weighted by Gasteiger charge is -2.41. The Bertz CT molecular complexity index is 1200. The number of allylic oxidation sites excluding steroid dienone is 6. The Morgan fingerprint density at radius 3 is 1.33 bits per heavy atom. The van der Waals surface area contributed by atoms with Gasteiger partial charge in [0.25, 0.3) is 0 Å². The van der Waals surface area contributed by atoms with Gasteiger partial charge in [0.1, 0.15) is 5.78 Å². The van der Waals surface area contributed by atoms with Gasteiger partial charge in [0.05, 0.1) is 36.2 Å². The highest BCUT2D eigenvalue weighted by atomic mass is 16.6. The number of carbonyl (C=O) groups excluding carboxylic acids is 4. The summed E-state index contributed by atoms with van der Waals surface area (Å²) in [6.45, 7) is 3.56. The Morgan fingerprint density at radius 2 is 1.00 bits per heavy atom. The molecular formula is C33H40O10. The Kier molecular flexibility index (Phi) is 9.04. The summed E-state index contributed by atoms with van der Waals surface area (Å²) in [5.41, 5.74) is 0. The van der Waals surface area contributed by atoms with E-state index in [2.05, 4.69) is 16.9 Å². The minimum absolute atomic E-state index is 0.00286. The van der Waals surface area contributed by atoms with Crippen LogP contribution >= 0.6 is 0 Å². The molecule has 2 N–H and O–H groups in total. The second-order valence-electron chi connectivity index (χ2n) is 12.8. The number of esters is 3. The summed E-state index contributed by atoms with van der Waals surface area (Å²) in [6.07, 6.45) is 17.8. The molecule has 3 saturated carbocycles. The molecule has 1 saturated heterocycles. The van der Waals surface area contributed by atoms with Crippen molar-refractivity contribution in [1.29, 1.82) is 0 Å². The standard InChI is InChI=1S/C12H16O4.C11H14O3.C10H10O3/c1-2-16-12(15)10-8-5-3-7(4-6-8)9(10)11(13)14;1-6(12)9-7-2-4-8(5-3-7)10(9)11(13)14;11-9-7-5-1-2-6(4-3-5)8(7)10(12)13-9/h3,5,7-10H,2,4,6H2,1H3,(H,13,14);2,4,7-10H,3,5H2,1H3,(H,13,14);1-2,5-8H,3-4H2/t;7-,8+,9+,10?;5?,6?,7-,8+/m.1./s1. The smallest absolute Gasteiger partial charge is 0.318 e. The predicted octanol–water partition coefficient (Wildman–Crippen LogP) is 3.85. The van der Waals surface area contributed by atoms with Gasteiger partial charge in [-0.25, -0.2) is 0 Å². The van der Waals surface area contributed by atoms with Crippen LogP contribution in [0.5, 0.6) is 0 Å². The number of cyclic esters (lactones) is 2. The lowest BCUT2D eigenvalue weighted by atomic mass is 9.61. The average Bonchev–Trinajstić information content (AvgIpc) is 3.34. The summed E-state index contributed by atoms with van der Waals surface area (Å²) < 4.78 is 9.65. The second kappa shape index (κ2) is 12.6. The largest absolute Gasteiger partial charge is 0.481 e. The summed E-state index contributed by atoms with van der Waals surface area (Å²) in [5.74, 6) is -3.96. The van der Waals surface area contributed by atoms with E-state index in [1.807, 2.05) is 24.3 Å². The zero-order valence-electron chi connectivity index (χ0n) is 24.5. The number of carboxylic acid groups (broad SMARTS) is 2. The first kappa shape index (κ1) is 30.9. The van der Waals surface area contributed by atoms with Gasteiger partial charge in [-0.1, -0.05) is 36.5 Å². The summed E-state index contributed by atoms with van der Waals surface area (Å²) in [4.78, 5) is 68.1. The number of fused-ring (bicyclic) bond motifs is 5. The molecule has 10 rings (SSSR count). The number of ether oxygens (including phenoxy) is 2. The molecule has 10 aliphatic rings. The monoisotopic (exact) mass is 596 g/mol. The molecule has 0 amide bonds. The van der Waals surface area contributed by atoms with Gasteiger partial charge in [0.15, 0.2) is 0 Å². The molecule has 10 heteroatoms. The third kappa shape index (κ3) is 5.85. The summed E-state index contributed by atoms with van der Waals surface area (Å²) >= 11 is 0. The Morgan fingerprint density at radius 1 is 0.651 bits per heavy atom. The van der Waals surface area contributed by atoms with Crippen molar-refractivity contribution in [2.24, 2.45) is 71.0 Å². The molecule has 0 aromatic carbocycles.